The van der Waals surface area contributed by atoms with Gasteiger partial charge in [0, 0.05) is 19.2 Å². The van der Waals surface area contributed by atoms with E-state index in [4.69, 9.17) is 21.9 Å². The quantitative estimate of drug-likeness (QED) is 0.766. The molecular weight excluding hydrogens is 256 g/mol. The predicted octanol–water partition coefficient (Wildman–Crippen LogP) is 1.29. The molecular formula is C10H9ClN6O. The van der Waals surface area contributed by atoms with Gasteiger partial charge < -0.3 is 10.3 Å². The summed E-state index contributed by atoms with van der Waals surface area (Å²) in [7, 11) is 0. The van der Waals surface area contributed by atoms with Crippen LogP contribution in [0.15, 0.2) is 23.1 Å². The molecule has 0 unspecified atom stereocenters. The van der Waals surface area contributed by atoms with Crippen LogP contribution in [0.5, 0.6) is 0 Å². The highest BCUT2D eigenvalue weighted by atomic mass is 35.5. The molecule has 0 amide bonds. The summed E-state index contributed by atoms with van der Waals surface area (Å²) in [5.74, 6) is 0.935. The normalized spacial score (nSPS) is 11.2. The van der Waals surface area contributed by atoms with Crippen molar-refractivity contribution in [2.75, 3.05) is 5.73 Å². The van der Waals surface area contributed by atoms with Crippen LogP contribution >= 0.6 is 11.6 Å². The number of fused-ring (bicyclic) bond motifs is 1. The highest BCUT2D eigenvalue weighted by Crippen LogP contribution is 2.19. The van der Waals surface area contributed by atoms with Gasteiger partial charge in [-0.25, -0.2) is 9.97 Å². The third-order valence-electron chi connectivity index (χ3n) is 2.54. The Kier molecular flexibility index (Phi) is 2.60. The first kappa shape index (κ1) is 11.0. The molecule has 0 aliphatic heterocycles. The van der Waals surface area contributed by atoms with Crippen molar-refractivity contribution in [1.82, 2.24) is 24.7 Å². The lowest BCUT2D eigenvalue weighted by molar-refractivity contribution is 0.371. The number of nitrogens with zero attached hydrogens (tertiary/aromatic N) is 5. The summed E-state index contributed by atoms with van der Waals surface area (Å²) in [4.78, 5) is 12.4. The lowest BCUT2D eigenvalue weighted by atomic mass is 10.4. The van der Waals surface area contributed by atoms with Crippen molar-refractivity contribution >= 4 is 28.7 Å². The second-order valence-electron chi connectivity index (χ2n) is 3.70. The van der Waals surface area contributed by atoms with Crippen LogP contribution in [-0.2, 0) is 13.0 Å². The van der Waals surface area contributed by atoms with Gasteiger partial charge >= 0.3 is 0 Å². The fourth-order valence-electron chi connectivity index (χ4n) is 1.74. The topological polar surface area (TPSA) is 95.7 Å². The number of rotatable bonds is 3. The Morgan fingerprint density at radius 2 is 2.28 bits per heavy atom. The highest BCUT2D eigenvalue weighted by molar-refractivity contribution is 6.31. The Balaban J connectivity index is 1.93. The monoisotopic (exact) mass is 264 g/mol. The van der Waals surface area contributed by atoms with Gasteiger partial charge in [0.2, 0.25) is 11.8 Å². The van der Waals surface area contributed by atoms with Gasteiger partial charge in [0.05, 0.1) is 5.02 Å². The number of nitrogen functional groups attached to an aromatic ring is 1. The maximum atomic E-state index is 5.85. The zero-order chi connectivity index (χ0) is 12.5. The molecule has 3 heterocycles. The fourth-order valence-corrected chi connectivity index (χ4v) is 1.89. The van der Waals surface area contributed by atoms with E-state index in [1.807, 2.05) is 0 Å². The number of imidazole rings is 1. The SMILES string of the molecule is Nc1nc2cc(Cl)cnc2n1CCc1ncno1. The summed E-state index contributed by atoms with van der Waals surface area (Å²) in [6, 6.07) is 1.73. The fraction of sp³-hybridized carbons (Fsp3) is 0.200. The molecule has 2 N–H and O–H groups in total. The summed E-state index contributed by atoms with van der Waals surface area (Å²) < 4.78 is 6.71. The highest BCUT2D eigenvalue weighted by Gasteiger charge is 2.11. The van der Waals surface area contributed by atoms with E-state index < -0.39 is 0 Å². The Hall–Kier alpha value is -2.15. The lowest BCUT2D eigenvalue weighted by Gasteiger charge is -2.02. The molecule has 3 aromatic rings. The van der Waals surface area contributed by atoms with E-state index in [0.29, 0.717) is 41.0 Å². The number of aryl methyl sites for hydroxylation is 2. The van der Waals surface area contributed by atoms with Gasteiger partial charge in [0.25, 0.3) is 0 Å². The Morgan fingerprint density at radius 3 is 3.06 bits per heavy atom. The molecule has 7 nitrogen and oxygen atoms in total. The van der Waals surface area contributed by atoms with Crippen LogP contribution in [0.3, 0.4) is 0 Å². The molecule has 0 atom stereocenters. The molecule has 3 aromatic heterocycles. The van der Waals surface area contributed by atoms with E-state index in [1.165, 1.54) is 6.33 Å². The number of halogens is 1. The zero-order valence-electron chi connectivity index (χ0n) is 9.25. The smallest absolute Gasteiger partial charge is 0.228 e. The molecule has 92 valence electrons. The number of hydrogen-bond donors (Lipinski definition) is 1. The second-order valence-corrected chi connectivity index (χ2v) is 4.14. The molecule has 8 heteroatoms. The zero-order valence-corrected chi connectivity index (χ0v) is 10.0. The molecule has 0 fully saturated rings. The summed E-state index contributed by atoms with van der Waals surface area (Å²) in [6.45, 7) is 0.569. The Bertz CT molecular complexity index is 677. The van der Waals surface area contributed by atoms with Crippen molar-refractivity contribution < 1.29 is 4.52 Å². The van der Waals surface area contributed by atoms with Gasteiger partial charge in [-0.15, -0.1) is 0 Å². The molecule has 0 radical (unpaired) electrons. The average molecular weight is 265 g/mol. The summed E-state index contributed by atoms with van der Waals surface area (Å²) in [5, 5.41) is 4.07. The summed E-state index contributed by atoms with van der Waals surface area (Å²) >= 11 is 5.85. The molecule has 0 saturated heterocycles. The van der Waals surface area contributed by atoms with Gasteiger partial charge in [-0.1, -0.05) is 16.8 Å². The third kappa shape index (κ3) is 1.88. The number of hydrogen-bond acceptors (Lipinski definition) is 6. The van der Waals surface area contributed by atoms with Gasteiger partial charge in [0.15, 0.2) is 12.0 Å². The van der Waals surface area contributed by atoms with Crippen molar-refractivity contribution in [2.24, 2.45) is 0 Å². The largest absolute Gasteiger partial charge is 0.369 e. The van der Waals surface area contributed by atoms with Crippen molar-refractivity contribution in [2.45, 2.75) is 13.0 Å². The molecule has 0 bridgehead atoms. The van der Waals surface area contributed by atoms with Crippen molar-refractivity contribution in [3.05, 3.63) is 29.5 Å². The van der Waals surface area contributed by atoms with E-state index in [0.717, 1.165) is 0 Å². The average Bonchev–Trinajstić information content (AvgIpc) is 2.93. The minimum atomic E-state index is 0.388. The minimum absolute atomic E-state index is 0.388. The van der Waals surface area contributed by atoms with E-state index in [9.17, 15) is 0 Å². The standard InChI is InChI=1S/C10H9ClN6O/c11-6-3-7-9(13-4-6)17(10(12)16-7)2-1-8-14-5-15-18-8/h3-5H,1-2H2,(H2,12,16). The van der Waals surface area contributed by atoms with E-state index in [2.05, 4.69) is 20.1 Å². The van der Waals surface area contributed by atoms with Crippen LogP contribution in [0, 0.1) is 0 Å². The first-order chi connectivity index (χ1) is 8.74. The van der Waals surface area contributed by atoms with Crippen LogP contribution < -0.4 is 5.73 Å². The van der Waals surface area contributed by atoms with E-state index >= 15 is 0 Å². The Morgan fingerprint density at radius 1 is 1.39 bits per heavy atom. The number of nitrogens with two attached hydrogens (primary N) is 1. The van der Waals surface area contributed by atoms with Gasteiger partial charge in [-0.2, -0.15) is 4.98 Å². The van der Waals surface area contributed by atoms with Gasteiger partial charge in [-0.3, -0.25) is 4.57 Å². The second kappa shape index (κ2) is 4.26. The van der Waals surface area contributed by atoms with E-state index in [-0.39, 0.29) is 0 Å². The maximum absolute atomic E-state index is 5.85. The lowest BCUT2D eigenvalue weighted by Crippen LogP contribution is -2.06. The van der Waals surface area contributed by atoms with Crippen molar-refractivity contribution in [3.63, 3.8) is 0 Å². The first-order valence-corrected chi connectivity index (χ1v) is 5.64. The van der Waals surface area contributed by atoms with Crippen LogP contribution in [0.2, 0.25) is 5.02 Å². The minimum Gasteiger partial charge on any atom is -0.369 e. The molecule has 0 saturated carbocycles. The van der Waals surface area contributed by atoms with Crippen LogP contribution in [0.1, 0.15) is 5.89 Å². The first-order valence-electron chi connectivity index (χ1n) is 5.27. The number of anilines is 1. The van der Waals surface area contributed by atoms with Crippen LogP contribution in [0.4, 0.5) is 5.95 Å². The summed E-state index contributed by atoms with van der Waals surface area (Å²) in [6.07, 6.45) is 3.50. The van der Waals surface area contributed by atoms with Gasteiger partial charge in [-0.05, 0) is 6.07 Å². The Labute approximate surface area is 107 Å². The molecule has 0 aliphatic rings. The van der Waals surface area contributed by atoms with Crippen LogP contribution in [-0.4, -0.2) is 24.7 Å². The summed E-state index contributed by atoms with van der Waals surface area (Å²) in [5.41, 5.74) is 7.21. The third-order valence-corrected chi connectivity index (χ3v) is 2.74. The molecule has 0 aliphatic carbocycles. The van der Waals surface area contributed by atoms with Gasteiger partial charge in [0.1, 0.15) is 5.52 Å². The molecule has 0 spiro atoms. The maximum Gasteiger partial charge on any atom is 0.228 e. The molecule has 0 aromatic carbocycles. The number of aromatic nitrogens is 5. The van der Waals surface area contributed by atoms with Crippen molar-refractivity contribution in [1.29, 1.82) is 0 Å². The predicted molar refractivity (Wildman–Crippen MR) is 65.0 cm³/mol. The van der Waals surface area contributed by atoms with E-state index in [1.54, 1.807) is 16.8 Å². The number of pyridine rings is 1. The molecule has 18 heavy (non-hydrogen) atoms. The van der Waals surface area contributed by atoms with Crippen molar-refractivity contribution in [3.8, 4) is 0 Å². The van der Waals surface area contributed by atoms with Crippen LogP contribution in [0.25, 0.3) is 11.2 Å². The molecule has 3 rings (SSSR count).